The van der Waals surface area contributed by atoms with Crippen molar-refractivity contribution in [3.8, 4) is 11.4 Å². The first-order chi connectivity index (χ1) is 12.3. The van der Waals surface area contributed by atoms with Crippen molar-refractivity contribution in [3.05, 3.63) is 47.8 Å². The molecule has 0 radical (unpaired) electrons. The SMILES string of the molecule is CN(C[C@@H]1OCCc2cc(-c3ncccn3)ccc21)C(=O)OC(C)(C)C. The summed E-state index contributed by atoms with van der Waals surface area (Å²) in [5.41, 5.74) is 2.79. The first kappa shape index (κ1) is 18.3. The number of carbonyl (C=O) groups is 1. The van der Waals surface area contributed by atoms with Gasteiger partial charge in [0.1, 0.15) is 11.7 Å². The number of fused-ring (bicyclic) bond motifs is 1. The number of benzene rings is 1. The van der Waals surface area contributed by atoms with Gasteiger partial charge in [-0.2, -0.15) is 0 Å². The van der Waals surface area contributed by atoms with Crippen molar-refractivity contribution in [1.29, 1.82) is 0 Å². The molecule has 1 aliphatic rings. The summed E-state index contributed by atoms with van der Waals surface area (Å²) >= 11 is 0. The molecule has 0 saturated carbocycles. The zero-order valence-electron chi connectivity index (χ0n) is 15.7. The molecule has 0 spiro atoms. The van der Waals surface area contributed by atoms with E-state index >= 15 is 0 Å². The Bertz CT molecular complexity index is 772. The second kappa shape index (κ2) is 7.41. The monoisotopic (exact) mass is 355 g/mol. The third kappa shape index (κ3) is 4.38. The molecule has 0 N–H and O–H groups in total. The van der Waals surface area contributed by atoms with Crippen LogP contribution in [0, 0.1) is 0 Å². The van der Waals surface area contributed by atoms with Gasteiger partial charge in [-0.05, 0) is 50.5 Å². The standard InChI is InChI=1S/C20H25N3O3/c1-20(2,3)26-19(24)23(4)13-17-16-7-6-15(12-14(16)8-11-25-17)18-21-9-5-10-22-18/h5-7,9-10,12,17H,8,11,13H2,1-4H3/t17-/m0/s1. The van der Waals surface area contributed by atoms with Gasteiger partial charge in [0, 0.05) is 25.0 Å². The molecule has 0 bridgehead atoms. The summed E-state index contributed by atoms with van der Waals surface area (Å²) in [6.45, 7) is 6.65. The Balaban J connectivity index is 1.76. The number of ether oxygens (including phenoxy) is 2. The minimum absolute atomic E-state index is 0.165. The van der Waals surface area contributed by atoms with Crippen LogP contribution in [0.5, 0.6) is 0 Å². The van der Waals surface area contributed by atoms with E-state index in [1.165, 1.54) is 5.56 Å². The fraction of sp³-hybridized carbons (Fsp3) is 0.450. The highest BCUT2D eigenvalue weighted by atomic mass is 16.6. The quantitative estimate of drug-likeness (QED) is 0.841. The van der Waals surface area contributed by atoms with Crippen LogP contribution in [-0.4, -0.2) is 46.8 Å². The Morgan fingerprint density at radius 2 is 2.04 bits per heavy atom. The lowest BCUT2D eigenvalue weighted by molar-refractivity contribution is -0.00163. The molecule has 6 nitrogen and oxygen atoms in total. The summed E-state index contributed by atoms with van der Waals surface area (Å²) in [6.07, 6.45) is 3.81. The third-order valence-electron chi connectivity index (χ3n) is 4.15. The van der Waals surface area contributed by atoms with E-state index in [0.29, 0.717) is 19.0 Å². The Kier molecular flexibility index (Phi) is 5.23. The molecule has 2 aromatic rings. The van der Waals surface area contributed by atoms with Gasteiger partial charge in [0.15, 0.2) is 5.82 Å². The van der Waals surface area contributed by atoms with E-state index < -0.39 is 5.60 Å². The molecular formula is C20H25N3O3. The van der Waals surface area contributed by atoms with Gasteiger partial charge in [0.05, 0.1) is 13.2 Å². The van der Waals surface area contributed by atoms with Gasteiger partial charge in [-0.25, -0.2) is 14.8 Å². The van der Waals surface area contributed by atoms with E-state index in [1.54, 1.807) is 30.4 Å². The number of rotatable bonds is 3. The minimum Gasteiger partial charge on any atom is -0.444 e. The van der Waals surface area contributed by atoms with Crippen molar-refractivity contribution < 1.29 is 14.3 Å². The van der Waals surface area contributed by atoms with Crippen molar-refractivity contribution in [1.82, 2.24) is 14.9 Å². The fourth-order valence-electron chi connectivity index (χ4n) is 2.94. The Labute approximate surface area is 154 Å². The van der Waals surface area contributed by atoms with Gasteiger partial charge in [-0.1, -0.05) is 12.1 Å². The lowest BCUT2D eigenvalue weighted by Crippen LogP contribution is -2.37. The van der Waals surface area contributed by atoms with Crippen molar-refractivity contribution >= 4 is 6.09 Å². The Morgan fingerprint density at radius 3 is 2.73 bits per heavy atom. The van der Waals surface area contributed by atoms with E-state index in [0.717, 1.165) is 17.5 Å². The average Bonchev–Trinajstić information content (AvgIpc) is 2.61. The number of amides is 1. The second-order valence-electron chi connectivity index (χ2n) is 7.46. The van der Waals surface area contributed by atoms with Gasteiger partial charge < -0.3 is 14.4 Å². The van der Waals surface area contributed by atoms with E-state index in [9.17, 15) is 4.79 Å². The van der Waals surface area contributed by atoms with Crippen LogP contribution in [0.25, 0.3) is 11.4 Å². The van der Waals surface area contributed by atoms with Crippen molar-refractivity contribution in [2.24, 2.45) is 0 Å². The molecule has 0 fully saturated rings. The van der Waals surface area contributed by atoms with Gasteiger partial charge in [-0.3, -0.25) is 0 Å². The second-order valence-corrected chi connectivity index (χ2v) is 7.46. The van der Waals surface area contributed by atoms with Crippen LogP contribution in [-0.2, 0) is 15.9 Å². The molecule has 1 aliphatic heterocycles. The average molecular weight is 355 g/mol. The minimum atomic E-state index is -0.513. The van der Waals surface area contributed by atoms with Crippen LogP contribution in [0.4, 0.5) is 4.79 Å². The molecule has 138 valence electrons. The van der Waals surface area contributed by atoms with Crippen LogP contribution >= 0.6 is 0 Å². The normalized spacial score (nSPS) is 16.7. The summed E-state index contributed by atoms with van der Waals surface area (Å²) in [5, 5.41) is 0. The van der Waals surface area contributed by atoms with Crippen LogP contribution in [0.3, 0.4) is 0 Å². The maximum Gasteiger partial charge on any atom is 0.410 e. The van der Waals surface area contributed by atoms with Crippen LogP contribution in [0.2, 0.25) is 0 Å². The molecule has 1 amide bonds. The van der Waals surface area contributed by atoms with Crippen LogP contribution in [0.15, 0.2) is 36.7 Å². The predicted molar refractivity (Wildman–Crippen MR) is 98.7 cm³/mol. The molecule has 0 aliphatic carbocycles. The van der Waals surface area contributed by atoms with Crippen molar-refractivity contribution in [3.63, 3.8) is 0 Å². The summed E-state index contributed by atoms with van der Waals surface area (Å²) in [4.78, 5) is 22.4. The zero-order valence-corrected chi connectivity index (χ0v) is 15.7. The molecule has 6 heteroatoms. The topological polar surface area (TPSA) is 64.5 Å². The number of nitrogens with zero attached hydrogens (tertiary/aromatic N) is 3. The summed E-state index contributed by atoms with van der Waals surface area (Å²) in [6, 6.07) is 7.98. The smallest absolute Gasteiger partial charge is 0.410 e. The highest BCUT2D eigenvalue weighted by Gasteiger charge is 2.26. The summed E-state index contributed by atoms with van der Waals surface area (Å²) in [5.74, 6) is 0.712. The third-order valence-corrected chi connectivity index (χ3v) is 4.15. The van der Waals surface area contributed by atoms with E-state index in [4.69, 9.17) is 9.47 Å². The highest BCUT2D eigenvalue weighted by molar-refractivity contribution is 5.68. The molecule has 2 heterocycles. The van der Waals surface area contributed by atoms with Crippen LogP contribution < -0.4 is 0 Å². The van der Waals surface area contributed by atoms with Gasteiger partial charge in [-0.15, -0.1) is 0 Å². The first-order valence-corrected chi connectivity index (χ1v) is 8.79. The van der Waals surface area contributed by atoms with Crippen molar-refractivity contribution in [2.45, 2.75) is 38.9 Å². The number of hydrogen-bond donors (Lipinski definition) is 0. The highest BCUT2D eigenvalue weighted by Crippen LogP contribution is 2.30. The summed E-state index contributed by atoms with van der Waals surface area (Å²) < 4.78 is 11.3. The van der Waals surface area contributed by atoms with E-state index in [-0.39, 0.29) is 12.2 Å². The number of carbonyl (C=O) groups excluding carboxylic acids is 1. The molecule has 1 atom stereocenters. The largest absolute Gasteiger partial charge is 0.444 e. The maximum absolute atomic E-state index is 12.2. The molecule has 0 saturated heterocycles. The number of aromatic nitrogens is 2. The van der Waals surface area contributed by atoms with Crippen molar-refractivity contribution in [2.75, 3.05) is 20.2 Å². The van der Waals surface area contributed by atoms with Gasteiger partial charge in [0.2, 0.25) is 0 Å². The molecule has 26 heavy (non-hydrogen) atoms. The number of hydrogen-bond acceptors (Lipinski definition) is 5. The fourth-order valence-corrected chi connectivity index (χ4v) is 2.94. The first-order valence-electron chi connectivity index (χ1n) is 8.79. The van der Waals surface area contributed by atoms with E-state index in [2.05, 4.69) is 16.0 Å². The van der Waals surface area contributed by atoms with Gasteiger partial charge in [0.25, 0.3) is 0 Å². The predicted octanol–water partition coefficient (Wildman–Crippen LogP) is 3.62. The van der Waals surface area contributed by atoms with Gasteiger partial charge >= 0.3 is 6.09 Å². The Hall–Kier alpha value is -2.47. The zero-order chi connectivity index (χ0) is 18.7. The molecule has 3 rings (SSSR count). The lowest BCUT2D eigenvalue weighted by Gasteiger charge is -2.31. The summed E-state index contributed by atoms with van der Waals surface area (Å²) in [7, 11) is 1.73. The maximum atomic E-state index is 12.2. The Morgan fingerprint density at radius 1 is 1.31 bits per heavy atom. The van der Waals surface area contributed by atoms with E-state index in [1.807, 2.05) is 32.9 Å². The molecule has 0 unspecified atom stereocenters. The number of likely N-dealkylation sites (N-methyl/N-ethyl adjacent to an activating group) is 1. The van der Waals surface area contributed by atoms with Crippen LogP contribution in [0.1, 0.15) is 38.0 Å². The molecular weight excluding hydrogens is 330 g/mol. The lowest BCUT2D eigenvalue weighted by atomic mass is 9.95. The molecule has 1 aromatic heterocycles. The molecule has 1 aromatic carbocycles.